The topological polar surface area (TPSA) is 132 Å². The Morgan fingerprint density at radius 3 is 0.864 bits per heavy atom. The molecule has 0 atom stereocenters. The van der Waals surface area contributed by atoms with Crippen molar-refractivity contribution in [1.82, 2.24) is 0 Å². The second-order valence-electron chi connectivity index (χ2n) is 2.48. The first-order valence-corrected chi connectivity index (χ1v) is 3.17. The van der Waals surface area contributed by atoms with Crippen LogP contribution in [-0.2, 0) is 14.4 Å². The Hall–Kier alpha value is 7.37. The number of hydrogen-bond acceptors (Lipinski definition) is 4. The van der Waals surface area contributed by atoms with Crippen molar-refractivity contribution in [1.29, 1.82) is 0 Å². The molecule has 4 N–H and O–H groups in total. The molecule has 22 heavy (non-hydrogen) atoms. The predicted molar refractivity (Wildman–Crippen MR) is 101 cm³/mol. The van der Waals surface area contributed by atoms with Gasteiger partial charge in [0.05, 0.1) is 12.8 Å². The minimum atomic E-state index is -2.74. The summed E-state index contributed by atoms with van der Waals surface area (Å²) < 4.78 is 0. The van der Waals surface area contributed by atoms with Crippen molar-refractivity contribution in [2.45, 2.75) is 18.4 Å². The summed E-state index contributed by atoms with van der Waals surface area (Å²) in [6.45, 7) is 0. The zero-order valence-corrected chi connectivity index (χ0v) is 6.43. The molecule has 0 aromatic heterocycles. The van der Waals surface area contributed by atoms with Gasteiger partial charge in [0.2, 0.25) is 0 Å². The third kappa shape index (κ3) is 34.8. The van der Waals surface area contributed by atoms with E-state index in [9.17, 15) is 14.4 Å². The Labute approximate surface area is 328 Å². The van der Waals surface area contributed by atoms with E-state index in [1.165, 1.54) is 0 Å². The molecule has 0 heterocycles. The van der Waals surface area contributed by atoms with Crippen LogP contribution < -0.4 is 0 Å². The maximum atomic E-state index is 10.3. The fourth-order valence-electron chi connectivity index (χ4n) is 0.714. The monoisotopic (exact) mass is 408 g/mol. The van der Waals surface area contributed by atoms with Gasteiger partial charge in [0, 0.05) is 0 Å². The second kappa shape index (κ2) is 35.8. The van der Waals surface area contributed by atoms with Crippen molar-refractivity contribution in [3.8, 4) is 0 Å². The Bertz CT molecular complexity index is 249. The van der Waals surface area contributed by atoms with Gasteiger partial charge in [-0.15, -0.1) is 0 Å². The molecule has 0 aliphatic carbocycles. The molecule has 0 bridgehead atoms. The molecule has 16 heteroatoms. The van der Waals surface area contributed by atoms with E-state index in [1.807, 2.05) is 0 Å². The Morgan fingerprint density at radius 1 is 0.591 bits per heavy atom. The summed E-state index contributed by atoms with van der Waals surface area (Å²) in [6, 6.07) is 0. The number of carboxylic acid groups (broad SMARTS) is 3. The molecule has 0 aromatic carbocycles. The van der Waals surface area contributed by atoms with Crippen LogP contribution in [0.4, 0.5) is 0 Å². The molecule has 7 nitrogen and oxygen atoms in total. The van der Waals surface area contributed by atoms with Gasteiger partial charge in [0.25, 0.3) is 0 Å². The molecule has 0 amide bonds. The van der Waals surface area contributed by atoms with Gasteiger partial charge < -0.3 is 20.4 Å². The summed E-state index contributed by atoms with van der Waals surface area (Å²) in [4.78, 5) is 30.5. The van der Waals surface area contributed by atoms with E-state index in [0.717, 1.165) is 0 Å². The van der Waals surface area contributed by atoms with Crippen LogP contribution in [0.25, 0.3) is 0 Å². The summed E-state index contributed by atoms with van der Waals surface area (Å²) in [7, 11) is 0. The molecule has 92 valence electrons. The van der Waals surface area contributed by atoms with Gasteiger partial charge in [-0.3, -0.25) is 9.59 Å². The van der Waals surface area contributed by atoms with Crippen LogP contribution in [0.1, 0.15) is 12.8 Å². The maximum absolute atomic E-state index is 10.3. The summed E-state index contributed by atoms with van der Waals surface area (Å²) >= 11 is 0. The summed E-state index contributed by atoms with van der Waals surface area (Å²) in [6.07, 6.45) is -2.29. The van der Waals surface area contributed by atoms with E-state index < -0.39 is 36.4 Å². The van der Waals surface area contributed by atoms with Gasteiger partial charge in [-0.1, -0.05) is 0 Å². The molecule has 0 saturated heterocycles. The van der Waals surface area contributed by atoms with Crippen molar-refractivity contribution < 1.29 is 34.8 Å². The first-order chi connectivity index (χ1) is 5.78. The van der Waals surface area contributed by atoms with Crippen LogP contribution in [-0.4, -0.2) is 310 Å². The van der Waals surface area contributed by atoms with Crippen LogP contribution in [0, 0.1) is 0 Å². The van der Waals surface area contributed by atoms with Gasteiger partial charge in [0.1, 0.15) is 0 Å². The number of hydrogen-bond donors (Lipinski definition) is 4. The van der Waals surface area contributed by atoms with Crippen LogP contribution in [0.15, 0.2) is 0 Å². The molecular weight excluding hydrogens is 391 g/mol. The zero-order valence-electron chi connectivity index (χ0n) is 6.43. The third-order valence-electron chi connectivity index (χ3n) is 1.29. The first-order valence-electron chi connectivity index (χ1n) is 3.17. The van der Waals surface area contributed by atoms with E-state index in [0.29, 0.717) is 0 Å². The number of carbonyl (C=O) groups is 3. The van der Waals surface area contributed by atoms with E-state index in [-0.39, 0.29) is 266 Å². The molecule has 0 aromatic rings. The van der Waals surface area contributed by atoms with Crippen molar-refractivity contribution in [3.63, 3.8) is 0 Å². The molecule has 0 saturated carbocycles. The minimum absolute atomic E-state index is 0. The van der Waals surface area contributed by atoms with Gasteiger partial charge in [-0.25, -0.2) is 4.79 Å². The quantitative estimate of drug-likeness (QED) is 0.333. The van der Waals surface area contributed by atoms with Gasteiger partial charge in [-0.2, -0.15) is 0 Å². The molecule has 0 aliphatic heterocycles. The molecule has 0 spiro atoms. The number of rotatable bonds is 5. The fraction of sp³-hybridized carbons (Fsp3) is 0.500. The Kier molecular flexibility index (Phi) is 102. The van der Waals surface area contributed by atoms with Crippen molar-refractivity contribution in [3.05, 3.63) is 0 Å². The standard InChI is InChI=1S/C6H8O7.9Na.9H/c7-3(8)1-6(13,5(11)12)2-4(9)10;;;;;;;;;;;;;;;;;;/h13H,1-2H2,(H,7,8)(H,9,10)(H,11,12);;;;;;;;;;;;;;;;;;. The normalized spacial score (nSPS) is 6.41. The predicted octanol–water partition coefficient (Wildman–Crippen LogP) is -7.08. The van der Waals surface area contributed by atoms with E-state index in [2.05, 4.69) is 0 Å². The van der Waals surface area contributed by atoms with Crippen molar-refractivity contribution in [2.75, 3.05) is 0 Å². The number of carboxylic acids is 3. The van der Waals surface area contributed by atoms with Crippen molar-refractivity contribution >= 4 is 284 Å². The number of aliphatic hydroxyl groups is 1. The second-order valence-corrected chi connectivity index (χ2v) is 2.48. The third-order valence-corrected chi connectivity index (χ3v) is 1.29. The Balaban J connectivity index is -0.0000000200. The van der Waals surface area contributed by atoms with Crippen LogP contribution in [0.3, 0.4) is 0 Å². The van der Waals surface area contributed by atoms with E-state index in [1.54, 1.807) is 0 Å². The first kappa shape index (κ1) is 63.0. The summed E-state index contributed by atoms with van der Waals surface area (Å²) in [5, 5.41) is 33.8. The molecular formula is C6H17Na9O7. The van der Waals surface area contributed by atoms with Gasteiger partial charge in [-0.05, 0) is 0 Å². The zero-order chi connectivity index (χ0) is 10.6. The summed E-state index contributed by atoms with van der Waals surface area (Å²) in [5.41, 5.74) is -2.74. The molecule has 0 fully saturated rings. The SMILES string of the molecule is O=C(O)CC(O)(CC(=O)O)C(=O)O.[NaH].[NaH].[NaH].[NaH].[NaH].[NaH].[NaH].[NaH].[NaH]. The number of aliphatic carboxylic acids is 3. The van der Waals surface area contributed by atoms with Crippen LogP contribution in [0.2, 0.25) is 0 Å². The average molecular weight is 408 g/mol. The fourth-order valence-corrected chi connectivity index (χ4v) is 0.714. The van der Waals surface area contributed by atoms with Crippen LogP contribution >= 0.6 is 0 Å². The molecule has 0 unspecified atom stereocenters. The molecule has 0 aliphatic rings. The van der Waals surface area contributed by atoms with Crippen LogP contribution in [0.5, 0.6) is 0 Å². The Morgan fingerprint density at radius 2 is 0.773 bits per heavy atom. The van der Waals surface area contributed by atoms with Gasteiger partial charge >= 0.3 is 284 Å². The van der Waals surface area contributed by atoms with E-state index in [4.69, 9.17) is 20.4 Å². The van der Waals surface area contributed by atoms with Gasteiger partial charge in [0.15, 0.2) is 5.60 Å². The summed E-state index contributed by atoms with van der Waals surface area (Å²) in [5.74, 6) is -5.02. The molecule has 0 rings (SSSR count). The average Bonchev–Trinajstić information content (AvgIpc) is 1.82. The van der Waals surface area contributed by atoms with Crippen molar-refractivity contribution in [2.24, 2.45) is 0 Å². The molecule has 0 radical (unpaired) electrons. The van der Waals surface area contributed by atoms with E-state index >= 15 is 0 Å².